The molecule has 2 nitrogen and oxygen atoms in total. The van der Waals surface area contributed by atoms with E-state index in [1.807, 2.05) is 0 Å². The molecular formula is C9H6BrClO2. The van der Waals surface area contributed by atoms with Crippen molar-refractivity contribution in [1.29, 1.82) is 0 Å². The molecule has 0 saturated heterocycles. The number of benzene rings is 1. The minimum atomic E-state index is -0.994. The average Bonchev–Trinajstić information content (AvgIpc) is 2.03. The van der Waals surface area contributed by atoms with E-state index < -0.39 is 5.97 Å². The fourth-order valence-electron chi connectivity index (χ4n) is 0.825. The van der Waals surface area contributed by atoms with Crippen LogP contribution in [0.1, 0.15) is 5.56 Å². The third kappa shape index (κ3) is 2.86. The summed E-state index contributed by atoms with van der Waals surface area (Å²) < 4.78 is 0.775. The fraction of sp³-hybridized carbons (Fsp3) is 0. The van der Waals surface area contributed by atoms with Crippen molar-refractivity contribution in [2.75, 3.05) is 0 Å². The second kappa shape index (κ2) is 4.44. The molecular weight excluding hydrogens is 255 g/mol. The minimum Gasteiger partial charge on any atom is -0.478 e. The number of hydrogen-bond acceptors (Lipinski definition) is 1. The number of carbonyl (C=O) groups is 1. The van der Waals surface area contributed by atoms with Crippen molar-refractivity contribution in [2.24, 2.45) is 0 Å². The van der Waals surface area contributed by atoms with Crippen LogP contribution in [-0.4, -0.2) is 11.1 Å². The standard InChI is InChI=1S/C9H6BrClO2/c10-7-2-1-3-8(11)6(7)4-5-9(12)13/h1-5H,(H,12,13)/b5-4+. The fourth-order valence-corrected chi connectivity index (χ4v) is 1.67. The summed E-state index contributed by atoms with van der Waals surface area (Å²) in [4.78, 5) is 10.3. The second-order valence-electron chi connectivity index (χ2n) is 2.31. The van der Waals surface area contributed by atoms with Crippen LogP contribution in [0.2, 0.25) is 5.02 Å². The predicted molar refractivity (Wildman–Crippen MR) is 55.8 cm³/mol. The van der Waals surface area contributed by atoms with Gasteiger partial charge in [-0.25, -0.2) is 4.79 Å². The molecule has 0 bridgehead atoms. The minimum absolute atomic E-state index is 0.520. The molecule has 1 aromatic rings. The molecule has 1 rings (SSSR count). The molecule has 4 heteroatoms. The quantitative estimate of drug-likeness (QED) is 0.830. The Morgan fingerprint density at radius 1 is 1.54 bits per heavy atom. The Morgan fingerprint density at radius 2 is 2.23 bits per heavy atom. The van der Waals surface area contributed by atoms with E-state index in [0.29, 0.717) is 10.6 Å². The summed E-state index contributed by atoms with van der Waals surface area (Å²) >= 11 is 9.11. The van der Waals surface area contributed by atoms with E-state index in [0.717, 1.165) is 10.5 Å². The van der Waals surface area contributed by atoms with Gasteiger partial charge in [-0.2, -0.15) is 0 Å². The zero-order valence-electron chi connectivity index (χ0n) is 6.50. The molecule has 0 saturated carbocycles. The van der Waals surface area contributed by atoms with E-state index >= 15 is 0 Å². The van der Waals surface area contributed by atoms with Gasteiger partial charge in [-0.1, -0.05) is 33.6 Å². The smallest absolute Gasteiger partial charge is 0.328 e. The topological polar surface area (TPSA) is 37.3 Å². The first-order valence-corrected chi connectivity index (χ1v) is 4.63. The largest absolute Gasteiger partial charge is 0.478 e. The van der Waals surface area contributed by atoms with Gasteiger partial charge >= 0.3 is 5.97 Å². The molecule has 1 N–H and O–H groups in total. The maximum absolute atomic E-state index is 10.3. The summed E-state index contributed by atoms with van der Waals surface area (Å²) in [6.45, 7) is 0. The summed E-state index contributed by atoms with van der Waals surface area (Å²) in [5, 5.41) is 8.93. The van der Waals surface area contributed by atoms with Gasteiger partial charge in [0.1, 0.15) is 0 Å². The number of hydrogen-bond donors (Lipinski definition) is 1. The van der Waals surface area contributed by atoms with Gasteiger partial charge in [0, 0.05) is 21.1 Å². The van der Waals surface area contributed by atoms with Gasteiger partial charge in [-0.3, -0.25) is 0 Å². The number of halogens is 2. The molecule has 0 atom stereocenters. The predicted octanol–water partition coefficient (Wildman–Crippen LogP) is 3.20. The van der Waals surface area contributed by atoms with Crippen LogP contribution in [0.4, 0.5) is 0 Å². The van der Waals surface area contributed by atoms with Gasteiger partial charge < -0.3 is 5.11 Å². The lowest BCUT2D eigenvalue weighted by molar-refractivity contribution is -0.131. The molecule has 1 aromatic carbocycles. The van der Waals surface area contributed by atoms with Gasteiger partial charge in [0.25, 0.3) is 0 Å². The van der Waals surface area contributed by atoms with Crippen molar-refractivity contribution in [2.45, 2.75) is 0 Å². The van der Waals surface area contributed by atoms with Crippen LogP contribution in [0.25, 0.3) is 6.08 Å². The van der Waals surface area contributed by atoms with Crippen molar-refractivity contribution >= 4 is 39.6 Å². The van der Waals surface area contributed by atoms with Crippen molar-refractivity contribution in [1.82, 2.24) is 0 Å². The Kier molecular flexibility index (Phi) is 3.51. The molecule has 0 heterocycles. The van der Waals surface area contributed by atoms with Crippen LogP contribution in [0, 0.1) is 0 Å². The van der Waals surface area contributed by atoms with Crippen LogP contribution in [0.3, 0.4) is 0 Å². The maximum atomic E-state index is 10.3. The Hall–Kier alpha value is -0.800. The lowest BCUT2D eigenvalue weighted by Gasteiger charge is -1.99. The van der Waals surface area contributed by atoms with E-state index in [1.54, 1.807) is 18.2 Å². The van der Waals surface area contributed by atoms with Crippen molar-refractivity contribution in [3.63, 3.8) is 0 Å². The Balaban J connectivity index is 3.06. The zero-order valence-corrected chi connectivity index (χ0v) is 8.84. The van der Waals surface area contributed by atoms with E-state index in [9.17, 15) is 4.79 Å². The van der Waals surface area contributed by atoms with Gasteiger partial charge in [0.05, 0.1) is 0 Å². The van der Waals surface area contributed by atoms with Crippen molar-refractivity contribution in [3.8, 4) is 0 Å². The summed E-state index contributed by atoms with van der Waals surface area (Å²) in [6.07, 6.45) is 2.50. The first kappa shape index (κ1) is 10.3. The average molecular weight is 262 g/mol. The molecule has 0 amide bonds. The molecule has 0 aliphatic heterocycles. The molecule has 0 spiro atoms. The normalized spacial score (nSPS) is 10.6. The van der Waals surface area contributed by atoms with E-state index in [4.69, 9.17) is 16.7 Å². The highest BCUT2D eigenvalue weighted by molar-refractivity contribution is 9.10. The second-order valence-corrected chi connectivity index (χ2v) is 3.57. The molecule has 0 aromatic heterocycles. The highest BCUT2D eigenvalue weighted by Gasteiger charge is 2.00. The maximum Gasteiger partial charge on any atom is 0.328 e. The van der Waals surface area contributed by atoms with Crippen LogP contribution in [-0.2, 0) is 4.79 Å². The third-order valence-corrected chi connectivity index (χ3v) is 2.41. The Labute approximate surface area is 89.0 Å². The summed E-state index contributed by atoms with van der Waals surface area (Å²) in [7, 11) is 0. The first-order valence-electron chi connectivity index (χ1n) is 3.46. The van der Waals surface area contributed by atoms with E-state index in [2.05, 4.69) is 15.9 Å². The highest BCUT2D eigenvalue weighted by Crippen LogP contribution is 2.25. The molecule has 0 radical (unpaired) electrons. The number of carboxylic acids is 1. The Morgan fingerprint density at radius 3 is 2.77 bits per heavy atom. The first-order chi connectivity index (χ1) is 6.11. The summed E-state index contributed by atoms with van der Waals surface area (Å²) in [6, 6.07) is 5.28. The monoisotopic (exact) mass is 260 g/mol. The van der Waals surface area contributed by atoms with E-state index in [1.165, 1.54) is 6.08 Å². The molecule has 13 heavy (non-hydrogen) atoms. The van der Waals surface area contributed by atoms with Crippen LogP contribution < -0.4 is 0 Å². The van der Waals surface area contributed by atoms with Crippen LogP contribution in [0.5, 0.6) is 0 Å². The van der Waals surface area contributed by atoms with Gasteiger partial charge in [0.15, 0.2) is 0 Å². The van der Waals surface area contributed by atoms with Crippen LogP contribution in [0.15, 0.2) is 28.7 Å². The van der Waals surface area contributed by atoms with Gasteiger partial charge in [-0.05, 0) is 18.2 Å². The molecule has 0 fully saturated rings. The third-order valence-electron chi connectivity index (χ3n) is 1.39. The lowest BCUT2D eigenvalue weighted by atomic mass is 10.2. The number of carboxylic acid groups (broad SMARTS) is 1. The molecule has 68 valence electrons. The van der Waals surface area contributed by atoms with Crippen molar-refractivity contribution < 1.29 is 9.90 Å². The molecule has 0 unspecified atom stereocenters. The lowest BCUT2D eigenvalue weighted by Crippen LogP contribution is -1.86. The highest BCUT2D eigenvalue weighted by atomic mass is 79.9. The molecule has 0 aliphatic rings. The molecule has 0 aliphatic carbocycles. The number of aliphatic carboxylic acids is 1. The summed E-state index contributed by atoms with van der Waals surface area (Å²) in [5.41, 5.74) is 0.673. The van der Waals surface area contributed by atoms with Crippen LogP contribution >= 0.6 is 27.5 Å². The van der Waals surface area contributed by atoms with E-state index in [-0.39, 0.29) is 0 Å². The Bertz CT molecular complexity index is 340. The van der Waals surface area contributed by atoms with Gasteiger partial charge in [0.2, 0.25) is 0 Å². The summed E-state index contributed by atoms with van der Waals surface area (Å²) in [5.74, 6) is -0.994. The zero-order chi connectivity index (χ0) is 9.84. The SMILES string of the molecule is O=C(O)/C=C/c1c(Cl)cccc1Br. The van der Waals surface area contributed by atoms with Gasteiger partial charge in [-0.15, -0.1) is 0 Å². The number of rotatable bonds is 2. The van der Waals surface area contributed by atoms with Crippen molar-refractivity contribution in [3.05, 3.63) is 39.3 Å².